The maximum absolute atomic E-state index is 12.7. The minimum absolute atomic E-state index is 0.00993. The zero-order valence-electron chi connectivity index (χ0n) is 18.4. The number of anilines is 1. The van der Waals surface area contributed by atoms with Crippen molar-refractivity contribution in [1.29, 1.82) is 0 Å². The monoisotopic (exact) mass is 495 g/mol. The Hall–Kier alpha value is -2.78. The molecule has 0 unspecified atom stereocenters. The van der Waals surface area contributed by atoms with Crippen molar-refractivity contribution >= 4 is 39.0 Å². The summed E-state index contributed by atoms with van der Waals surface area (Å²) in [7, 11) is -3.67. The van der Waals surface area contributed by atoms with Gasteiger partial charge in [-0.15, -0.1) is 0 Å². The summed E-state index contributed by atoms with van der Waals surface area (Å²) in [6, 6.07) is 7.08. The molecule has 1 saturated carbocycles. The van der Waals surface area contributed by atoms with Crippen molar-refractivity contribution in [3.05, 3.63) is 40.9 Å². The summed E-state index contributed by atoms with van der Waals surface area (Å²) in [4.78, 5) is 23.3. The first kappa shape index (κ1) is 24.9. The summed E-state index contributed by atoms with van der Waals surface area (Å²) >= 11 is 6.34. The molecule has 1 aliphatic carbocycles. The Labute approximate surface area is 197 Å². The lowest BCUT2D eigenvalue weighted by Gasteiger charge is -2.25. The molecule has 0 spiro atoms. The second-order valence-corrected chi connectivity index (χ2v) is 10.4. The quantitative estimate of drug-likeness (QED) is 0.385. The number of carbonyl (C=O) groups is 2. The van der Waals surface area contributed by atoms with Crippen LogP contribution in [0.2, 0.25) is 5.02 Å². The lowest BCUT2D eigenvalue weighted by molar-refractivity contribution is -0.145. The smallest absolute Gasteiger partial charge is 0.315 e. The van der Waals surface area contributed by atoms with Gasteiger partial charge in [-0.05, 0) is 62.4 Å². The highest BCUT2D eigenvalue weighted by molar-refractivity contribution is 7.91. The second kappa shape index (κ2) is 10.4. The van der Waals surface area contributed by atoms with Crippen LogP contribution in [0.15, 0.2) is 35.2 Å². The first-order valence-electron chi connectivity index (χ1n) is 10.6. The molecule has 0 bridgehead atoms. The van der Waals surface area contributed by atoms with E-state index in [4.69, 9.17) is 21.1 Å². The summed E-state index contributed by atoms with van der Waals surface area (Å²) < 4.78 is 36.1. The summed E-state index contributed by atoms with van der Waals surface area (Å²) in [5, 5.41) is 12.9. The third-order valence-electron chi connectivity index (χ3n) is 5.29. The first-order valence-corrected chi connectivity index (χ1v) is 12.6. The molecule has 10 heteroatoms. The van der Waals surface area contributed by atoms with E-state index in [-0.39, 0.29) is 45.4 Å². The first-order chi connectivity index (χ1) is 15.6. The lowest BCUT2D eigenvalue weighted by Crippen LogP contribution is -2.22. The standard InChI is InChI=1S/C23H26ClNO7S/c1-3-31-22(28)12-21(27)25-16-9-14(2)23(18(24)10-16)32-17-7-8-19(26)20(11-17)33(29,30)13-15-5-4-6-15/h7-11,15,26H,3-6,12-13H2,1-2H3,(H,25,27). The van der Waals surface area contributed by atoms with Crippen molar-refractivity contribution in [3.8, 4) is 17.2 Å². The molecular weight excluding hydrogens is 470 g/mol. The molecule has 0 radical (unpaired) electrons. The number of hydrogen-bond acceptors (Lipinski definition) is 7. The average molecular weight is 496 g/mol. The molecule has 0 aliphatic heterocycles. The van der Waals surface area contributed by atoms with E-state index in [1.165, 1.54) is 24.3 Å². The molecule has 1 fully saturated rings. The summed E-state index contributed by atoms with van der Waals surface area (Å²) in [5.41, 5.74) is 0.939. The van der Waals surface area contributed by atoms with Gasteiger partial charge in [0.2, 0.25) is 5.91 Å². The van der Waals surface area contributed by atoms with Crippen molar-refractivity contribution < 1.29 is 32.6 Å². The van der Waals surface area contributed by atoms with Gasteiger partial charge in [0.1, 0.15) is 28.6 Å². The summed E-state index contributed by atoms with van der Waals surface area (Å²) in [5.74, 6) is -0.932. The van der Waals surface area contributed by atoms with E-state index in [0.29, 0.717) is 11.3 Å². The number of benzene rings is 2. The van der Waals surface area contributed by atoms with Crippen LogP contribution in [0.1, 0.15) is 38.2 Å². The van der Waals surface area contributed by atoms with Crippen LogP contribution in [0, 0.1) is 12.8 Å². The number of sulfone groups is 1. The fourth-order valence-corrected chi connectivity index (χ4v) is 5.59. The minimum Gasteiger partial charge on any atom is -0.507 e. The molecule has 0 atom stereocenters. The number of carbonyl (C=O) groups excluding carboxylic acids is 2. The van der Waals surface area contributed by atoms with Crippen molar-refractivity contribution in [2.45, 2.75) is 44.4 Å². The van der Waals surface area contributed by atoms with Crippen LogP contribution in [0.3, 0.4) is 0 Å². The van der Waals surface area contributed by atoms with E-state index < -0.39 is 28.1 Å². The van der Waals surface area contributed by atoms with Gasteiger partial charge in [0.25, 0.3) is 0 Å². The molecule has 178 valence electrons. The molecular formula is C23H26ClNO7S. The van der Waals surface area contributed by atoms with E-state index in [0.717, 1.165) is 19.3 Å². The van der Waals surface area contributed by atoms with E-state index in [9.17, 15) is 23.1 Å². The Bertz CT molecular complexity index is 1140. The third kappa shape index (κ3) is 6.39. The van der Waals surface area contributed by atoms with Crippen LogP contribution in [-0.4, -0.2) is 37.8 Å². The van der Waals surface area contributed by atoms with Crippen molar-refractivity contribution in [1.82, 2.24) is 0 Å². The van der Waals surface area contributed by atoms with Gasteiger partial charge < -0.3 is 19.9 Å². The second-order valence-electron chi connectivity index (χ2n) is 7.94. The number of nitrogens with one attached hydrogen (secondary N) is 1. The Morgan fingerprint density at radius 1 is 1.21 bits per heavy atom. The highest BCUT2D eigenvalue weighted by atomic mass is 35.5. The predicted molar refractivity (Wildman–Crippen MR) is 124 cm³/mol. The molecule has 0 saturated heterocycles. The molecule has 2 aromatic rings. The minimum atomic E-state index is -3.67. The molecule has 33 heavy (non-hydrogen) atoms. The SMILES string of the molecule is CCOC(=O)CC(=O)Nc1cc(C)c(Oc2ccc(O)c(S(=O)(=O)CC3CCC3)c2)c(Cl)c1. The van der Waals surface area contributed by atoms with Crippen LogP contribution >= 0.6 is 11.6 Å². The number of esters is 1. The fourth-order valence-electron chi connectivity index (χ4n) is 3.47. The maximum Gasteiger partial charge on any atom is 0.315 e. The van der Waals surface area contributed by atoms with Gasteiger partial charge in [-0.1, -0.05) is 18.0 Å². The van der Waals surface area contributed by atoms with E-state index in [1.807, 2.05) is 0 Å². The highest BCUT2D eigenvalue weighted by Gasteiger charge is 2.28. The topological polar surface area (TPSA) is 119 Å². The van der Waals surface area contributed by atoms with Crippen LogP contribution in [0.5, 0.6) is 17.2 Å². The molecule has 3 rings (SSSR count). The van der Waals surface area contributed by atoms with E-state index >= 15 is 0 Å². The van der Waals surface area contributed by atoms with Crippen molar-refractivity contribution in [3.63, 3.8) is 0 Å². The normalized spacial score (nSPS) is 13.8. The van der Waals surface area contributed by atoms with Gasteiger partial charge in [-0.3, -0.25) is 9.59 Å². The van der Waals surface area contributed by atoms with Crippen LogP contribution in [-0.2, 0) is 24.2 Å². The van der Waals surface area contributed by atoms with E-state index in [2.05, 4.69) is 5.32 Å². The Morgan fingerprint density at radius 2 is 1.94 bits per heavy atom. The number of aromatic hydroxyl groups is 1. The number of halogens is 1. The Morgan fingerprint density at radius 3 is 2.55 bits per heavy atom. The zero-order valence-corrected chi connectivity index (χ0v) is 20.0. The van der Waals surface area contributed by atoms with Gasteiger partial charge in [0, 0.05) is 11.8 Å². The van der Waals surface area contributed by atoms with Gasteiger partial charge in [0.15, 0.2) is 9.84 Å². The van der Waals surface area contributed by atoms with Gasteiger partial charge in [-0.2, -0.15) is 0 Å². The van der Waals surface area contributed by atoms with Crippen molar-refractivity contribution in [2.24, 2.45) is 5.92 Å². The van der Waals surface area contributed by atoms with Crippen LogP contribution < -0.4 is 10.1 Å². The van der Waals surface area contributed by atoms with Crippen LogP contribution in [0.4, 0.5) is 5.69 Å². The zero-order chi connectivity index (χ0) is 24.2. The number of phenols is 1. The van der Waals surface area contributed by atoms with E-state index in [1.54, 1.807) is 19.9 Å². The Kier molecular flexibility index (Phi) is 7.86. The lowest BCUT2D eigenvalue weighted by atomic mass is 9.87. The molecule has 1 aliphatic rings. The number of amides is 1. The molecule has 0 heterocycles. The predicted octanol–water partition coefficient (Wildman–Crippen LogP) is 4.61. The van der Waals surface area contributed by atoms with Crippen molar-refractivity contribution in [2.75, 3.05) is 17.7 Å². The third-order valence-corrected chi connectivity index (χ3v) is 7.48. The molecule has 1 amide bonds. The average Bonchev–Trinajstić information content (AvgIpc) is 2.69. The number of aryl methyl sites for hydroxylation is 1. The van der Waals surface area contributed by atoms with Crippen LogP contribution in [0.25, 0.3) is 0 Å². The molecule has 0 aromatic heterocycles. The fraction of sp³-hybridized carbons (Fsp3) is 0.391. The number of rotatable bonds is 9. The van der Waals surface area contributed by atoms with Gasteiger partial charge >= 0.3 is 5.97 Å². The van der Waals surface area contributed by atoms with Gasteiger partial charge in [-0.25, -0.2) is 8.42 Å². The number of ether oxygens (including phenoxy) is 2. The van der Waals surface area contributed by atoms with Gasteiger partial charge in [0.05, 0.1) is 17.4 Å². The molecule has 8 nitrogen and oxygen atoms in total. The molecule has 2 aromatic carbocycles. The number of phenolic OH excluding ortho intramolecular Hbond substituents is 1. The largest absolute Gasteiger partial charge is 0.507 e. The summed E-state index contributed by atoms with van der Waals surface area (Å²) in [6.07, 6.45) is 2.34. The highest BCUT2D eigenvalue weighted by Crippen LogP contribution is 2.38. The molecule has 2 N–H and O–H groups in total. The number of hydrogen-bond donors (Lipinski definition) is 2. The maximum atomic E-state index is 12.7. The summed E-state index contributed by atoms with van der Waals surface area (Å²) in [6.45, 7) is 3.54. The Balaban J connectivity index is 1.77.